The van der Waals surface area contributed by atoms with Gasteiger partial charge in [-0.15, -0.1) is 0 Å². The molecule has 0 aliphatic heterocycles. The van der Waals surface area contributed by atoms with Gasteiger partial charge >= 0.3 is 5.97 Å². The van der Waals surface area contributed by atoms with E-state index < -0.39 is 23.9 Å². The molecule has 3 nitrogen and oxygen atoms in total. The van der Waals surface area contributed by atoms with E-state index in [2.05, 4.69) is 15.9 Å². The van der Waals surface area contributed by atoms with Crippen molar-refractivity contribution >= 4 is 21.9 Å². The number of benzene rings is 1. The van der Waals surface area contributed by atoms with E-state index >= 15 is 0 Å². The fraction of sp³-hybridized carbons (Fsp3) is 0.500. The molecule has 112 valence electrons. The Morgan fingerprint density at radius 2 is 2.05 bits per heavy atom. The van der Waals surface area contributed by atoms with Crippen molar-refractivity contribution in [1.29, 1.82) is 0 Å². The fourth-order valence-corrected chi connectivity index (χ4v) is 2.00. The van der Waals surface area contributed by atoms with Crippen molar-refractivity contribution in [2.75, 3.05) is 0 Å². The maximum Gasteiger partial charge on any atom is 0.344 e. The monoisotopic (exact) mass is 350 g/mol. The van der Waals surface area contributed by atoms with Crippen LogP contribution in [0.25, 0.3) is 0 Å². The number of carboxylic acids is 1. The molecule has 0 aromatic heterocycles. The highest BCUT2D eigenvalue weighted by atomic mass is 79.9. The molecule has 0 heterocycles. The summed E-state index contributed by atoms with van der Waals surface area (Å²) in [5.41, 5.74) is -0.304. The minimum absolute atomic E-state index is 0.0962. The van der Waals surface area contributed by atoms with Gasteiger partial charge in [0.2, 0.25) is 0 Å². The highest BCUT2D eigenvalue weighted by Gasteiger charge is 2.39. The van der Waals surface area contributed by atoms with Gasteiger partial charge in [-0.25, -0.2) is 13.6 Å². The lowest BCUT2D eigenvalue weighted by Gasteiger charge is -2.25. The summed E-state index contributed by atoms with van der Waals surface area (Å²) < 4.78 is 34.2. The molecule has 1 unspecified atom stereocenters. The number of alkyl halides is 2. The van der Waals surface area contributed by atoms with Gasteiger partial charge in [0.05, 0.1) is 5.56 Å². The van der Waals surface area contributed by atoms with Gasteiger partial charge < -0.3 is 9.84 Å². The summed E-state index contributed by atoms with van der Waals surface area (Å²) in [6.07, 6.45) is -0.948. The van der Waals surface area contributed by atoms with Crippen LogP contribution >= 0.6 is 15.9 Å². The quantitative estimate of drug-likeness (QED) is 0.824. The molecular weight excluding hydrogens is 334 g/mol. The van der Waals surface area contributed by atoms with Crippen molar-refractivity contribution in [3.05, 3.63) is 28.2 Å². The standard InChI is InChI=1S/C14H17BrF2O3/c1-4-11(13(18)19)20-12-6-5-9(15)7-10(12)14(16,17)8(2)3/h5-8,11H,4H2,1-3H3,(H,18,19). The zero-order valence-electron chi connectivity index (χ0n) is 11.5. The predicted octanol–water partition coefficient (Wildman–Crippen LogP) is 4.44. The normalized spacial score (nSPS) is 13.3. The molecule has 0 aliphatic rings. The molecule has 1 aromatic rings. The average Bonchev–Trinajstić information content (AvgIpc) is 2.36. The van der Waals surface area contributed by atoms with E-state index in [1.807, 2.05) is 0 Å². The van der Waals surface area contributed by atoms with Crippen molar-refractivity contribution in [3.8, 4) is 5.75 Å². The third-order valence-electron chi connectivity index (χ3n) is 2.94. The molecule has 1 atom stereocenters. The summed E-state index contributed by atoms with van der Waals surface area (Å²) in [5, 5.41) is 8.97. The van der Waals surface area contributed by atoms with Gasteiger partial charge in [-0.2, -0.15) is 0 Å². The van der Waals surface area contributed by atoms with Crippen molar-refractivity contribution in [3.63, 3.8) is 0 Å². The van der Waals surface area contributed by atoms with Crippen LogP contribution in [0.5, 0.6) is 5.75 Å². The zero-order valence-corrected chi connectivity index (χ0v) is 13.1. The van der Waals surface area contributed by atoms with E-state index in [1.165, 1.54) is 26.0 Å². The Labute approximate surface area is 125 Å². The topological polar surface area (TPSA) is 46.5 Å². The highest BCUT2D eigenvalue weighted by molar-refractivity contribution is 9.10. The number of hydrogen-bond acceptors (Lipinski definition) is 2. The molecular formula is C14H17BrF2O3. The Morgan fingerprint density at radius 3 is 2.50 bits per heavy atom. The number of rotatable bonds is 6. The lowest BCUT2D eigenvalue weighted by molar-refractivity contribution is -0.145. The van der Waals surface area contributed by atoms with Crippen molar-refractivity contribution in [2.45, 2.75) is 39.2 Å². The molecule has 0 radical (unpaired) electrons. The number of carbonyl (C=O) groups is 1. The van der Waals surface area contributed by atoms with Crippen LogP contribution in [0.15, 0.2) is 22.7 Å². The Kier molecular flexibility index (Phi) is 5.50. The van der Waals surface area contributed by atoms with E-state index in [0.717, 1.165) is 0 Å². The van der Waals surface area contributed by atoms with Crippen LogP contribution in [0.3, 0.4) is 0 Å². The molecule has 20 heavy (non-hydrogen) atoms. The van der Waals surface area contributed by atoms with E-state index in [-0.39, 0.29) is 17.7 Å². The van der Waals surface area contributed by atoms with Gasteiger partial charge in [0, 0.05) is 10.4 Å². The first-order valence-corrected chi connectivity index (χ1v) is 7.06. The predicted molar refractivity (Wildman–Crippen MR) is 75.2 cm³/mol. The molecule has 1 N–H and O–H groups in total. The minimum Gasteiger partial charge on any atom is -0.479 e. The van der Waals surface area contributed by atoms with Gasteiger partial charge in [-0.05, 0) is 24.6 Å². The van der Waals surface area contributed by atoms with Gasteiger partial charge in [0.1, 0.15) is 5.75 Å². The summed E-state index contributed by atoms with van der Waals surface area (Å²) in [4.78, 5) is 11.0. The van der Waals surface area contributed by atoms with E-state index in [4.69, 9.17) is 9.84 Å². The first kappa shape index (κ1) is 16.9. The first-order chi connectivity index (χ1) is 9.20. The number of ether oxygens (including phenoxy) is 1. The number of halogens is 3. The third-order valence-corrected chi connectivity index (χ3v) is 3.43. The van der Waals surface area contributed by atoms with Crippen molar-refractivity contribution in [2.24, 2.45) is 5.92 Å². The molecule has 1 aromatic carbocycles. The van der Waals surface area contributed by atoms with E-state index in [1.54, 1.807) is 13.0 Å². The largest absolute Gasteiger partial charge is 0.479 e. The molecule has 0 amide bonds. The summed E-state index contributed by atoms with van der Waals surface area (Å²) >= 11 is 3.14. The van der Waals surface area contributed by atoms with Crippen molar-refractivity contribution in [1.82, 2.24) is 0 Å². The van der Waals surface area contributed by atoms with Crippen LogP contribution < -0.4 is 4.74 Å². The van der Waals surface area contributed by atoms with Crippen LogP contribution in [-0.4, -0.2) is 17.2 Å². The molecule has 0 aliphatic carbocycles. The van der Waals surface area contributed by atoms with Crippen LogP contribution in [0.4, 0.5) is 8.78 Å². The zero-order chi connectivity index (χ0) is 15.5. The Bertz CT molecular complexity index is 489. The van der Waals surface area contributed by atoms with Gasteiger partial charge in [0.25, 0.3) is 5.92 Å². The second-order valence-electron chi connectivity index (χ2n) is 4.77. The summed E-state index contributed by atoms with van der Waals surface area (Å²) in [6.45, 7) is 4.43. The lowest BCUT2D eigenvalue weighted by Crippen LogP contribution is -2.28. The summed E-state index contributed by atoms with van der Waals surface area (Å²) in [6, 6.07) is 4.18. The second-order valence-corrected chi connectivity index (χ2v) is 5.69. The van der Waals surface area contributed by atoms with Crippen LogP contribution in [0, 0.1) is 5.92 Å². The molecule has 0 saturated carbocycles. The van der Waals surface area contributed by atoms with Crippen molar-refractivity contribution < 1.29 is 23.4 Å². The molecule has 1 rings (SSSR count). The Balaban J connectivity index is 3.24. The third kappa shape index (κ3) is 3.69. The van der Waals surface area contributed by atoms with Crippen LogP contribution in [-0.2, 0) is 10.7 Å². The van der Waals surface area contributed by atoms with Gasteiger partial charge in [-0.3, -0.25) is 0 Å². The van der Waals surface area contributed by atoms with Crippen LogP contribution in [0.1, 0.15) is 32.8 Å². The maximum atomic E-state index is 14.2. The summed E-state index contributed by atoms with van der Waals surface area (Å²) in [5.74, 6) is -5.30. The first-order valence-electron chi connectivity index (χ1n) is 6.27. The Hall–Kier alpha value is -1.17. The summed E-state index contributed by atoms with van der Waals surface area (Å²) in [7, 11) is 0. The SMILES string of the molecule is CCC(Oc1ccc(Br)cc1C(F)(F)C(C)C)C(=O)O. The molecule has 0 saturated heterocycles. The smallest absolute Gasteiger partial charge is 0.344 e. The fourth-order valence-electron chi connectivity index (χ4n) is 1.64. The lowest BCUT2D eigenvalue weighted by atomic mass is 9.97. The maximum absolute atomic E-state index is 14.2. The van der Waals surface area contributed by atoms with Gasteiger partial charge in [-0.1, -0.05) is 36.7 Å². The van der Waals surface area contributed by atoms with E-state index in [0.29, 0.717) is 4.47 Å². The highest BCUT2D eigenvalue weighted by Crippen LogP contribution is 2.42. The minimum atomic E-state index is -3.10. The Morgan fingerprint density at radius 1 is 1.45 bits per heavy atom. The molecule has 0 bridgehead atoms. The molecule has 6 heteroatoms. The molecule has 0 fully saturated rings. The average molecular weight is 351 g/mol. The number of carboxylic acid groups (broad SMARTS) is 1. The number of aliphatic carboxylic acids is 1. The second kappa shape index (κ2) is 6.52. The van der Waals surface area contributed by atoms with Gasteiger partial charge in [0.15, 0.2) is 6.10 Å². The number of hydrogen-bond donors (Lipinski definition) is 1. The molecule has 0 spiro atoms. The van der Waals surface area contributed by atoms with E-state index in [9.17, 15) is 13.6 Å². The van der Waals surface area contributed by atoms with Crippen LogP contribution in [0.2, 0.25) is 0 Å².